The number of carbonyl (C=O) groups excluding carboxylic acids is 1. The van der Waals surface area contributed by atoms with Crippen LogP contribution in [0.3, 0.4) is 0 Å². The van der Waals surface area contributed by atoms with E-state index in [0.29, 0.717) is 40.8 Å². The lowest BCUT2D eigenvalue weighted by molar-refractivity contribution is -0.146. The molecule has 3 aromatic carbocycles. The average molecular weight is 532 g/mol. The molecule has 5 rings (SSSR count). The zero-order valence-corrected chi connectivity index (χ0v) is 21.6. The second-order valence-corrected chi connectivity index (χ2v) is 9.72. The number of nitrogens with zero attached hydrogens (tertiary/aromatic N) is 1. The van der Waals surface area contributed by atoms with Gasteiger partial charge in [-0.3, -0.25) is 10.1 Å². The third-order valence-corrected chi connectivity index (χ3v) is 7.24. The second-order valence-electron chi connectivity index (χ2n) is 9.31. The van der Waals surface area contributed by atoms with Crippen molar-refractivity contribution < 1.29 is 24.0 Å². The van der Waals surface area contributed by atoms with Gasteiger partial charge in [0.15, 0.2) is 5.76 Å². The third-order valence-electron chi connectivity index (χ3n) is 6.90. The molecule has 3 N–H and O–H groups in total. The number of hydrogen-bond acceptors (Lipinski definition) is 6. The van der Waals surface area contributed by atoms with Crippen LogP contribution >= 0.6 is 11.6 Å². The van der Waals surface area contributed by atoms with E-state index >= 15 is 0 Å². The Hall–Kier alpha value is -4.14. The molecule has 0 aliphatic carbocycles. The maximum Gasteiger partial charge on any atom is 0.412 e. The van der Waals surface area contributed by atoms with Crippen molar-refractivity contribution >= 4 is 29.4 Å². The Morgan fingerprint density at radius 2 is 1.63 bits per heavy atom. The van der Waals surface area contributed by atoms with Crippen LogP contribution in [0.2, 0.25) is 5.02 Å². The fourth-order valence-corrected chi connectivity index (χ4v) is 4.81. The highest BCUT2D eigenvalue weighted by Crippen LogP contribution is 2.34. The van der Waals surface area contributed by atoms with Gasteiger partial charge in [0, 0.05) is 29.2 Å². The number of carboxylic acids is 1. The molecular formula is C29H26ClN3O5. The van der Waals surface area contributed by atoms with E-state index in [4.69, 9.17) is 20.9 Å². The van der Waals surface area contributed by atoms with E-state index in [1.54, 1.807) is 26.0 Å². The molecule has 1 amide bonds. The largest absolute Gasteiger partial charge is 0.481 e. The fraction of sp³-hybridized carbons (Fsp3) is 0.207. The van der Waals surface area contributed by atoms with E-state index in [0.717, 1.165) is 22.3 Å². The Kier molecular flexibility index (Phi) is 6.93. The smallest absolute Gasteiger partial charge is 0.412 e. The van der Waals surface area contributed by atoms with E-state index in [9.17, 15) is 14.7 Å². The van der Waals surface area contributed by atoms with Gasteiger partial charge in [0.25, 0.3) is 0 Å². The first-order chi connectivity index (χ1) is 18.3. The monoisotopic (exact) mass is 531 g/mol. The Labute approximate surface area is 224 Å². The Bertz CT molecular complexity index is 1480. The van der Waals surface area contributed by atoms with Gasteiger partial charge in [0.1, 0.15) is 22.9 Å². The fourth-order valence-electron chi connectivity index (χ4n) is 4.52. The molecule has 1 saturated heterocycles. The number of ether oxygens (including phenoxy) is 1. The molecule has 0 radical (unpaired) electrons. The SMILES string of the molecule is Cc1noc(-c2ccc(-c3ccc(C4(C(=O)O)CNC4)cc3)cc2)c1NC(=O)O[C@H](C)c1ccccc1Cl. The molecule has 1 fully saturated rings. The van der Waals surface area contributed by atoms with Crippen molar-refractivity contribution in [3.8, 4) is 22.5 Å². The van der Waals surface area contributed by atoms with Crippen LogP contribution in [0.15, 0.2) is 77.3 Å². The first-order valence-electron chi connectivity index (χ1n) is 12.1. The summed E-state index contributed by atoms with van der Waals surface area (Å²) in [5.41, 5.74) is 4.21. The topological polar surface area (TPSA) is 114 Å². The number of carboxylic acid groups (broad SMARTS) is 1. The van der Waals surface area contributed by atoms with Crippen molar-refractivity contribution in [2.45, 2.75) is 25.4 Å². The van der Waals surface area contributed by atoms with E-state index in [1.807, 2.05) is 60.7 Å². The number of benzene rings is 3. The molecule has 1 aromatic heterocycles. The molecule has 8 nitrogen and oxygen atoms in total. The average Bonchev–Trinajstić information content (AvgIpc) is 3.23. The standard InChI is InChI=1S/C29H26ClN3O5/c1-17-25(32-28(36)37-18(2)23-5-3-4-6-24(23)30)26(38-33-17)21-9-7-19(8-10-21)20-11-13-22(14-12-20)29(27(34)35)15-31-16-29/h3-14,18,31H,15-16H2,1-2H3,(H,32,36)(H,34,35)/t18-/m1/s1. The second kappa shape index (κ2) is 10.3. The molecule has 4 aromatic rings. The summed E-state index contributed by atoms with van der Waals surface area (Å²) in [6, 6.07) is 22.4. The molecule has 0 saturated carbocycles. The molecule has 38 heavy (non-hydrogen) atoms. The summed E-state index contributed by atoms with van der Waals surface area (Å²) in [4.78, 5) is 24.4. The lowest BCUT2D eigenvalue weighted by atomic mass is 9.75. The summed E-state index contributed by atoms with van der Waals surface area (Å²) in [6.07, 6.45) is -1.20. The van der Waals surface area contributed by atoms with Crippen LogP contribution in [0, 0.1) is 6.92 Å². The van der Waals surface area contributed by atoms with Crippen molar-refractivity contribution in [3.05, 3.63) is 94.6 Å². The number of aromatic nitrogens is 1. The lowest BCUT2D eigenvalue weighted by Gasteiger charge is -2.39. The number of aliphatic carboxylic acids is 1. The number of amides is 1. The minimum absolute atomic E-state index is 0.410. The molecular weight excluding hydrogens is 506 g/mol. The maximum absolute atomic E-state index is 12.7. The van der Waals surface area contributed by atoms with Crippen molar-refractivity contribution in [2.24, 2.45) is 0 Å². The zero-order chi connectivity index (χ0) is 26.9. The van der Waals surface area contributed by atoms with Gasteiger partial charge in [-0.15, -0.1) is 0 Å². The predicted octanol–water partition coefficient (Wildman–Crippen LogP) is 6.21. The molecule has 1 atom stereocenters. The molecule has 9 heteroatoms. The predicted molar refractivity (Wildman–Crippen MR) is 144 cm³/mol. The van der Waals surface area contributed by atoms with Crippen molar-refractivity contribution in [3.63, 3.8) is 0 Å². The van der Waals surface area contributed by atoms with Gasteiger partial charge in [0.2, 0.25) is 0 Å². The highest BCUT2D eigenvalue weighted by atomic mass is 35.5. The van der Waals surface area contributed by atoms with E-state index in [-0.39, 0.29) is 0 Å². The highest BCUT2D eigenvalue weighted by Gasteiger charge is 2.46. The molecule has 194 valence electrons. The first kappa shape index (κ1) is 25.5. The summed E-state index contributed by atoms with van der Waals surface area (Å²) < 4.78 is 11.1. The molecule has 0 unspecified atom stereocenters. The van der Waals surface area contributed by atoms with Crippen LogP contribution in [0.25, 0.3) is 22.5 Å². The van der Waals surface area contributed by atoms with Crippen LogP contribution in [0.4, 0.5) is 10.5 Å². The molecule has 0 spiro atoms. The number of anilines is 1. The van der Waals surface area contributed by atoms with Gasteiger partial charge < -0.3 is 19.7 Å². The summed E-state index contributed by atoms with van der Waals surface area (Å²) in [5.74, 6) is -0.407. The Morgan fingerprint density at radius 3 is 2.21 bits per heavy atom. The Balaban J connectivity index is 1.30. The van der Waals surface area contributed by atoms with Crippen LogP contribution in [0.5, 0.6) is 0 Å². The van der Waals surface area contributed by atoms with Gasteiger partial charge >= 0.3 is 12.1 Å². The van der Waals surface area contributed by atoms with Crippen molar-refractivity contribution in [1.82, 2.24) is 10.5 Å². The van der Waals surface area contributed by atoms with Gasteiger partial charge in [-0.2, -0.15) is 0 Å². The Morgan fingerprint density at radius 1 is 1.03 bits per heavy atom. The number of rotatable bonds is 7. The number of aryl methyl sites for hydroxylation is 1. The number of carbonyl (C=O) groups is 2. The molecule has 2 heterocycles. The zero-order valence-electron chi connectivity index (χ0n) is 20.8. The number of halogens is 1. The molecule has 1 aliphatic heterocycles. The number of nitrogens with one attached hydrogen (secondary N) is 2. The quantitative estimate of drug-likeness (QED) is 0.260. The number of hydrogen-bond donors (Lipinski definition) is 3. The van der Waals surface area contributed by atoms with Gasteiger partial charge in [0.05, 0.1) is 0 Å². The lowest BCUT2D eigenvalue weighted by Crippen LogP contribution is -2.61. The van der Waals surface area contributed by atoms with Gasteiger partial charge in [-0.25, -0.2) is 4.79 Å². The van der Waals surface area contributed by atoms with Gasteiger partial charge in [-0.05, 0) is 36.6 Å². The van der Waals surface area contributed by atoms with Crippen LogP contribution in [0.1, 0.15) is 29.8 Å². The normalized spacial score (nSPS) is 14.8. The van der Waals surface area contributed by atoms with Crippen molar-refractivity contribution in [1.29, 1.82) is 0 Å². The van der Waals surface area contributed by atoms with Gasteiger partial charge in [-0.1, -0.05) is 83.5 Å². The third kappa shape index (κ3) is 4.76. The van der Waals surface area contributed by atoms with E-state index < -0.39 is 23.6 Å². The van der Waals surface area contributed by atoms with Crippen LogP contribution in [-0.2, 0) is 14.9 Å². The minimum atomic E-state index is -0.859. The molecule has 1 aliphatic rings. The molecule has 0 bridgehead atoms. The summed E-state index contributed by atoms with van der Waals surface area (Å²) in [6.45, 7) is 4.33. The van der Waals surface area contributed by atoms with E-state index in [1.165, 1.54) is 0 Å². The van der Waals surface area contributed by atoms with Crippen LogP contribution < -0.4 is 10.6 Å². The summed E-state index contributed by atoms with van der Waals surface area (Å²) in [5, 5.41) is 20.0. The maximum atomic E-state index is 12.7. The highest BCUT2D eigenvalue weighted by molar-refractivity contribution is 6.31. The van der Waals surface area contributed by atoms with Crippen LogP contribution in [-0.4, -0.2) is 35.4 Å². The first-order valence-corrected chi connectivity index (χ1v) is 12.5. The van der Waals surface area contributed by atoms with E-state index in [2.05, 4.69) is 15.8 Å². The summed E-state index contributed by atoms with van der Waals surface area (Å²) >= 11 is 6.22. The summed E-state index contributed by atoms with van der Waals surface area (Å²) in [7, 11) is 0. The van der Waals surface area contributed by atoms with Crippen molar-refractivity contribution in [2.75, 3.05) is 18.4 Å². The minimum Gasteiger partial charge on any atom is -0.481 e.